The molecule has 1 heterocycles. The summed E-state index contributed by atoms with van der Waals surface area (Å²) in [4.78, 5) is 12.0. The Bertz CT molecular complexity index is 995. The standard InChI is InChI=1S/C18H17Cl2FN2O4S/c19-11-3-5-14(15(20)8-11)18(24)23-17-6-4-13(9-16(17)21)28(25,26)22-10-12-2-1-7-27-12/h3-6,8-9,12,22H,1-2,7,10H2,(H,23,24)/t12-/m1/s1. The molecule has 150 valence electrons. The van der Waals surface area contributed by atoms with Crippen LogP contribution < -0.4 is 10.0 Å². The number of amides is 1. The zero-order chi connectivity index (χ0) is 20.3. The van der Waals surface area contributed by atoms with Crippen molar-refractivity contribution in [2.24, 2.45) is 0 Å². The van der Waals surface area contributed by atoms with E-state index in [2.05, 4.69) is 10.0 Å². The maximum atomic E-state index is 14.4. The Balaban J connectivity index is 1.71. The van der Waals surface area contributed by atoms with Crippen LogP contribution in [0.1, 0.15) is 23.2 Å². The molecule has 1 aliphatic rings. The quantitative estimate of drug-likeness (QED) is 0.705. The van der Waals surface area contributed by atoms with Gasteiger partial charge in [0.25, 0.3) is 5.91 Å². The number of anilines is 1. The number of carbonyl (C=O) groups excluding carboxylic acids is 1. The molecule has 0 radical (unpaired) electrons. The van der Waals surface area contributed by atoms with E-state index < -0.39 is 21.7 Å². The molecule has 2 aromatic carbocycles. The molecule has 0 saturated carbocycles. The van der Waals surface area contributed by atoms with E-state index in [0.717, 1.165) is 18.9 Å². The second-order valence-corrected chi connectivity index (χ2v) is 8.82. The van der Waals surface area contributed by atoms with E-state index in [1.54, 1.807) is 0 Å². The van der Waals surface area contributed by atoms with Crippen LogP contribution in [0.4, 0.5) is 10.1 Å². The van der Waals surface area contributed by atoms with E-state index in [1.807, 2.05) is 0 Å². The average molecular weight is 447 g/mol. The second kappa shape index (κ2) is 8.75. The number of sulfonamides is 1. The lowest BCUT2D eigenvalue weighted by Crippen LogP contribution is -2.31. The van der Waals surface area contributed by atoms with Crippen molar-refractivity contribution in [3.05, 3.63) is 57.8 Å². The molecular weight excluding hydrogens is 430 g/mol. The molecule has 0 bridgehead atoms. The number of ether oxygens (including phenoxy) is 1. The van der Waals surface area contributed by atoms with Crippen molar-refractivity contribution in [1.82, 2.24) is 4.72 Å². The third kappa shape index (κ3) is 5.01. The molecule has 1 aliphatic heterocycles. The maximum Gasteiger partial charge on any atom is 0.257 e. The minimum absolute atomic E-state index is 0.111. The third-order valence-corrected chi connectivity index (χ3v) is 6.17. The molecule has 28 heavy (non-hydrogen) atoms. The van der Waals surface area contributed by atoms with Crippen molar-refractivity contribution >= 4 is 44.8 Å². The summed E-state index contributed by atoms with van der Waals surface area (Å²) in [7, 11) is -3.90. The lowest BCUT2D eigenvalue weighted by molar-refractivity contribution is 0.102. The van der Waals surface area contributed by atoms with Crippen molar-refractivity contribution in [1.29, 1.82) is 0 Å². The van der Waals surface area contributed by atoms with Gasteiger partial charge in [-0.15, -0.1) is 0 Å². The van der Waals surface area contributed by atoms with Crippen LogP contribution in [0.5, 0.6) is 0 Å². The predicted molar refractivity (Wildman–Crippen MR) is 105 cm³/mol. The number of halogens is 3. The summed E-state index contributed by atoms with van der Waals surface area (Å²) in [5, 5.41) is 2.84. The average Bonchev–Trinajstić information content (AvgIpc) is 3.15. The Morgan fingerprint density at radius 2 is 2.00 bits per heavy atom. The van der Waals surface area contributed by atoms with Crippen LogP contribution in [0.2, 0.25) is 10.0 Å². The zero-order valence-electron chi connectivity index (χ0n) is 14.5. The van der Waals surface area contributed by atoms with Gasteiger partial charge in [-0.25, -0.2) is 17.5 Å². The van der Waals surface area contributed by atoms with Gasteiger partial charge in [-0.2, -0.15) is 0 Å². The number of hydrogen-bond acceptors (Lipinski definition) is 4. The van der Waals surface area contributed by atoms with Crippen LogP contribution in [-0.4, -0.2) is 33.6 Å². The third-order valence-electron chi connectivity index (χ3n) is 4.20. The summed E-state index contributed by atoms with van der Waals surface area (Å²) in [5.41, 5.74) is -0.0607. The summed E-state index contributed by atoms with van der Waals surface area (Å²) < 4.78 is 46.8. The molecule has 0 unspecified atom stereocenters. The van der Waals surface area contributed by atoms with E-state index in [-0.39, 0.29) is 33.8 Å². The Hall–Kier alpha value is -1.71. The normalized spacial score (nSPS) is 16.9. The SMILES string of the molecule is O=C(Nc1ccc(S(=O)(=O)NC[C@H]2CCCO2)cc1F)c1ccc(Cl)cc1Cl. The minimum Gasteiger partial charge on any atom is -0.377 e. The highest BCUT2D eigenvalue weighted by Gasteiger charge is 2.22. The van der Waals surface area contributed by atoms with Crippen molar-refractivity contribution < 1.29 is 22.3 Å². The van der Waals surface area contributed by atoms with E-state index >= 15 is 0 Å². The molecule has 1 amide bonds. The maximum absolute atomic E-state index is 14.4. The van der Waals surface area contributed by atoms with E-state index in [0.29, 0.717) is 11.6 Å². The minimum atomic E-state index is -3.90. The second-order valence-electron chi connectivity index (χ2n) is 6.21. The molecule has 2 N–H and O–H groups in total. The smallest absolute Gasteiger partial charge is 0.257 e. The molecule has 6 nitrogen and oxygen atoms in total. The predicted octanol–water partition coefficient (Wildman–Crippen LogP) is 3.84. The van der Waals surface area contributed by atoms with Crippen LogP contribution in [0, 0.1) is 5.82 Å². The monoisotopic (exact) mass is 446 g/mol. The van der Waals surface area contributed by atoms with Gasteiger partial charge in [0.15, 0.2) is 0 Å². The first-order chi connectivity index (χ1) is 13.3. The lowest BCUT2D eigenvalue weighted by atomic mass is 10.2. The Labute approximate surface area is 172 Å². The summed E-state index contributed by atoms with van der Waals surface area (Å²) >= 11 is 11.8. The van der Waals surface area contributed by atoms with E-state index in [1.165, 1.54) is 30.3 Å². The van der Waals surface area contributed by atoms with Gasteiger partial charge >= 0.3 is 0 Å². The molecule has 0 aromatic heterocycles. The molecule has 2 aromatic rings. The molecule has 3 rings (SSSR count). The Morgan fingerprint density at radius 3 is 2.64 bits per heavy atom. The fourth-order valence-electron chi connectivity index (χ4n) is 2.72. The van der Waals surface area contributed by atoms with Gasteiger partial charge in [0, 0.05) is 18.2 Å². The molecule has 0 spiro atoms. The molecule has 10 heteroatoms. The van der Waals surface area contributed by atoms with Gasteiger partial charge in [-0.05, 0) is 49.2 Å². The number of carbonyl (C=O) groups is 1. The molecular formula is C18H17Cl2FN2O4S. The van der Waals surface area contributed by atoms with Crippen molar-refractivity contribution in [3.63, 3.8) is 0 Å². The molecule has 1 atom stereocenters. The molecule has 1 fully saturated rings. The lowest BCUT2D eigenvalue weighted by Gasteiger charge is -2.13. The number of hydrogen-bond donors (Lipinski definition) is 2. The highest BCUT2D eigenvalue weighted by atomic mass is 35.5. The molecule has 1 saturated heterocycles. The summed E-state index contributed by atoms with van der Waals surface area (Å²) in [6, 6.07) is 7.51. The van der Waals surface area contributed by atoms with Crippen LogP contribution >= 0.6 is 23.2 Å². The van der Waals surface area contributed by atoms with Gasteiger partial charge in [-0.3, -0.25) is 4.79 Å². The highest BCUT2D eigenvalue weighted by Crippen LogP contribution is 2.24. The van der Waals surface area contributed by atoms with Gasteiger partial charge in [0.1, 0.15) is 5.82 Å². The van der Waals surface area contributed by atoms with Crippen LogP contribution in [0.15, 0.2) is 41.3 Å². The summed E-state index contributed by atoms with van der Waals surface area (Å²) in [5.74, 6) is -1.54. The molecule has 0 aliphatic carbocycles. The first-order valence-corrected chi connectivity index (χ1v) is 10.7. The van der Waals surface area contributed by atoms with Crippen LogP contribution in [0.3, 0.4) is 0 Å². The van der Waals surface area contributed by atoms with Gasteiger partial charge in [-0.1, -0.05) is 23.2 Å². The van der Waals surface area contributed by atoms with Gasteiger partial charge < -0.3 is 10.1 Å². The van der Waals surface area contributed by atoms with Crippen LogP contribution in [-0.2, 0) is 14.8 Å². The Kier molecular flexibility index (Phi) is 6.57. The fraction of sp³-hybridized carbons (Fsp3) is 0.278. The fourth-order valence-corrected chi connectivity index (χ4v) is 4.29. The van der Waals surface area contributed by atoms with Gasteiger partial charge in [0.05, 0.1) is 27.3 Å². The van der Waals surface area contributed by atoms with E-state index in [4.69, 9.17) is 27.9 Å². The first kappa shape index (κ1) is 21.0. The summed E-state index contributed by atoms with van der Waals surface area (Å²) in [6.07, 6.45) is 1.48. The number of nitrogens with one attached hydrogen (secondary N) is 2. The van der Waals surface area contributed by atoms with Crippen LogP contribution in [0.25, 0.3) is 0 Å². The van der Waals surface area contributed by atoms with Crippen molar-refractivity contribution in [3.8, 4) is 0 Å². The number of rotatable bonds is 6. The van der Waals surface area contributed by atoms with E-state index in [9.17, 15) is 17.6 Å². The van der Waals surface area contributed by atoms with Crippen molar-refractivity contribution in [2.75, 3.05) is 18.5 Å². The topological polar surface area (TPSA) is 84.5 Å². The summed E-state index contributed by atoms with van der Waals surface area (Å²) in [6.45, 7) is 0.727. The van der Waals surface area contributed by atoms with Gasteiger partial charge in [0.2, 0.25) is 10.0 Å². The van der Waals surface area contributed by atoms with Crippen molar-refractivity contribution in [2.45, 2.75) is 23.8 Å². The Morgan fingerprint density at radius 1 is 1.21 bits per heavy atom. The first-order valence-electron chi connectivity index (χ1n) is 8.43. The number of benzene rings is 2. The largest absolute Gasteiger partial charge is 0.377 e. The zero-order valence-corrected chi connectivity index (χ0v) is 16.9. The highest BCUT2D eigenvalue weighted by molar-refractivity contribution is 7.89.